The number of hydrogen-bond acceptors (Lipinski definition) is 5. The van der Waals surface area contributed by atoms with E-state index in [9.17, 15) is 19.5 Å². The summed E-state index contributed by atoms with van der Waals surface area (Å²) < 4.78 is 4.98. The minimum absolute atomic E-state index is 0.246. The Morgan fingerprint density at radius 2 is 1.96 bits per heavy atom. The molecule has 23 heavy (non-hydrogen) atoms. The number of carboxylic acid groups (broad SMARTS) is 1. The van der Waals surface area contributed by atoms with Gasteiger partial charge in [0.05, 0.1) is 24.0 Å². The van der Waals surface area contributed by atoms with Gasteiger partial charge in [0.15, 0.2) is 0 Å². The Kier molecular flexibility index (Phi) is 5.54. The molecule has 2 atom stereocenters. The molecule has 0 radical (unpaired) electrons. The van der Waals surface area contributed by atoms with Crippen molar-refractivity contribution in [1.82, 2.24) is 0 Å². The molecule has 7 heteroatoms. The second-order valence-electron chi connectivity index (χ2n) is 5.30. The summed E-state index contributed by atoms with van der Waals surface area (Å²) in [5.41, 5.74) is 0.306. The number of allylic oxidation sites excluding steroid dienone is 2. The van der Waals surface area contributed by atoms with E-state index in [1.54, 1.807) is 19.1 Å². The van der Waals surface area contributed by atoms with Crippen LogP contribution in [0.2, 0.25) is 0 Å². The number of carbonyl (C=O) groups is 3. The highest BCUT2D eigenvalue weighted by atomic mass is 32.1. The molecule has 2 rings (SSSR count). The zero-order chi connectivity index (χ0) is 17.0. The van der Waals surface area contributed by atoms with Crippen molar-refractivity contribution in [2.45, 2.75) is 26.7 Å². The van der Waals surface area contributed by atoms with Crippen molar-refractivity contribution < 1.29 is 24.2 Å². The molecule has 0 unspecified atom stereocenters. The zero-order valence-corrected chi connectivity index (χ0v) is 13.8. The van der Waals surface area contributed by atoms with E-state index in [0.717, 1.165) is 4.88 Å². The fourth-order valence-corrected chi connectivity index (χ4v) is 3.45. The summed E-state index contributed by atoms with van der Waals surface area (Å²) in [6.07, 6.45) is 4.31. The number of amides is 1. The van der Waals surface area contributed by atoms with Crippen LogP contribution in [0.25, 0.3) is 0 Å². The maximum absolute atomic E-state index is 12.5. The molecule has 0 saturated carbocycles. The highest BCUT2D eigenvalue weighted by Gasteiger charge is 2.34. The summed E-state index contributed by atoms with van der Waals surface area (Å²) in [6, 6.07) is 1.66. The molecule has 0 saturated heterocycles. The second-order valence-corrected chi connectivity index (χ2v) is 6.56. The molecule has 0 aromatic carbocycles. The fourth-order valence-electron chi connectivity index (χ4n) is 2.55. The zero-order valence-electron chi connectivity index (χ0n) is 13.0. The van der Waals surface area contributed by atoms with Crippen molar-refractivity contribution in [3.63, 3.8) is 0 Å². The summed E-state index contributed by atoms with van der Waals surface area (Å²) in [6.45, 7) is 3.78. The Morgan fingerprint density at radius 3 is 2.57 bits per heavy atom. The number of thiophene rings is 1. The lowest BCUT2D eigenvalue weighted by molar-refractivity contribution is -0.146. The third-order valence-electron chi connectivity index (χ3n) is 3.67. The predicted molar refractivity (Wildman–Crippen MR) is 86.6 cm³/mol. The van der Waals surface area contributed by atoms with Crippen LogP contribution < -0.4 is 5.32 Å². The molecule has 1 aromatic heterocycles. The van der Waals surface area contributed by atoms with Crippen molar-refractivity contribution in [3.05, 3.63) is 28.7 Å². The highest BCUT2D eigenvalue weighted by molar-refractivity contribution is 7.16. The number of esters is 1. The minimum Gasteiger partial charge on any atom is -0.481 e. The maximum Gasteiger partial charge on any atom is 0.341 e. The second kappa shape index (κ2) is 7.41. The van der Waals surface area contributed by atoms with Crippen LogP contribution in [0.3, 0.4) is 0 Å². The average Bonchev–Trinajstić information content (AvgIpc) is 2.88. The van der Waals surface area contributed by atoms with Gasteiger partial charge in [0.1, 0.15) is 5.00 Å². The number of aliphatic carboxylic acids is 1. The average molecular weight is 337 g/mol. The van der Waals surface area contributed by atoms with Gasteiger partial charge in [0, 0.05) is 4.88 Å². The molecule has 0 fully saturated rings. The molecular formula is C16H19NO5S. The Morgan fingerprint density at radius 1 is 1.30 bits per heavy atom. The molecule has 1 aliphatic carbocycles. The molecule has 1 amide bonds. The van der Waals surface area contributed by atoms with Crippen LogP contribution >= 0.6 is 11.3 Å². The third-order valence-corrected chi connectivity index (χ3v) is 4.64. The molecule has 1 heterocycles. The lowest BCUT2D eigenvalue weighted by Gasteiger charge is -2.24. The summed E-state index contributed by atoms with van der Waals surface area (Å²) in [7, 11) is 0. The monoisotopic (exact) mass is 337 g/mol. The van der Waals surface area contributed by atoms with Crippen molar-refractivity contribution >= 4 is 34.2 Å². The van der Waals surface area contributed by atoms with Gasteiger partial charge in [-0.1, -0.05) is 12.2 Å². The number of carboxylic acids is 1. The van der Waals surface area contributed by atoms with E-state index in [1.165, 1.54) is 11.3 Å². The van der Waals surface area contributed by atoms with E-state index < -0.39 is 23.8 Å². The summed E-state index contributed by atoms with van der Waals surface area (Å²) >= 11 is 1.27. The van der Waals surface area contributed by atoms with Gasteiger partial charge in [-0.25, -0.2) is 4.79 Å². The number of carbonyl (C=O) groups excluding carboxylic acids is 2. The predicted octanol–water partition coefficient (Wildman–Crippen LogP) is 2.84. The molecule has 0 aliphatic heterocycles. The van der Waals surface area contributed by atoms with Gasteiger partial charge < -0.3 is 15.2 Å². The van der Waals surface area contributed by atoms with E-state index in [-0.39, 0.29) is 12.5 Å². The van der Waals surface area contributed by atoms with Crippen LogP contribution in [0.5, 0.6) is 0 Å². The Hall–Kier alpha value is -2.15. The maximum atomic E-state index is 12.5. The van der Waals surface area contributed by atoms with Crippen LogP contribution in [-0.4, -0.2) is 29.6 Å². The van der Waals surface area contributed by atoms with E-state index >= 15 is 0 Å². The molecule has 6 nitrogen and oxygen atoms in total. The highest BCUT2D eigenvalue weighted by Crippen LogP contribution is 2.31. The smallest absolute Gasteiger partial charge is 0.341 e. The molecule has 124 valence electrons. The molecule has 0 bridgehead atoms. The van der Waals surface area contributed by atoms with Gasteiger partial charge in [-0.2, -0.15) is 0 Å². The Bertz CT molecular complexity index is 649. The first-order valence-electron chi connectivity index (χ1n) is 7.40. The topological polar surface area (TPSA) is 92.7 Å². The lowest BCUT2D eigenvalue weighted by atomic mass is 9.82. The van der Waals surface area contributed by atoms with Gasteiger partial charge in [0.2, 0.25) is 5.91 Å². The number of nitrogens with one attached hydrogen (secondary N) is 1. The number of rotatable bonds is 5. The van der Waals surface area contributed by atoms with Crippen LogP contribution in [-0.2, 0) is 14.3 Å². The summed E-state index contributed by atoms with van der Waals surface area (Å²) in [5, 5.41) is 12.4. The number of ether oxygens (including phenoxy) is 1. The number of hydrogen-bond donors (Lipinski definition) is 2. The van der Waals surface area contributed by atoms with Crippen LogP contribution in [0, 0.1) is 18.8 Å². The fraction of sp³-hybridized carbons (Fsp3) is 0.438. The van der Waals surface area contributed by atoms with Gasteiger partial charge in [-0.05, 0) is 32.8 Å². The normalized spacial score (nSPS) is 20.1. The van der Waals surface area contributed by atoms with E-state index in [4.69, 9.17) is 4.74 Å². The molecule has 2 N–H and O–H groups in total. The number of anilines is 1. The van der Waals surface area contributed by atoms with E-state index in [1.807, 2.05) is 13.0 Å². The lowest BCUT2D eigenvalue weighted by Crippen LogP contribution is -2.34. The minimum atomic E-state index is -0.984. The van der Waals surface area contributed by atoms with Gasteiger partial charge in [-0.15, -0.1) is 11.3 Å². The Labute approximate surface area is 138 Å². The van der Waals surface area contributed by atoms with Crippen molar-refractivity contribution in [1.29, 1.82) is 0 Å². The molecular weight excluding hydrogens is 318 g/mol. The van der Waals surface area contributed by atoms with Crippen LogP contribution in [0.4, 0.5) is 5.00 Å². The molecule has 1 aliphatic rings. The van der Waals surface area contributed by atoms with Crippen LogP contribution in [0.1, 0.15) is 35.0 Å². The number of aryl methyl sites for hydroxylation is 1. The van der Waals surface area contributed by atoms with Crippen LogP contribution in [0.15, 0.2) is 18.2 Å². The Balaban J connectivity index is 2.18. The largest absolute Gasteiger partial charge is 0.481 e. The van der Waals surface area contributed by atoms with E-state index in [0.29, 0.717) is 23.4 Å². The van der Waals surface area contributed by atoms with Gasteiger partial charge >= 0.3 is 11.9 Å². The van der Waals surface area contributed by atoms with Crippen molar-refractivity contribution in [2.75, 3.05) is 11.9 Å². The summed E-state index contributed by atoms with van der Waals surface area (Å²) in [4.78, 5) is 36.6. The van der Waals surface area contributed by atoms with E-state index in [2.05, 4.69) is 5.32 Å². The van der Waals surface area contributed by atoms with Crippen molar-refractivity contribution in [2.24, 2.45) is 11.8 Å². The summed E-state index contributed by atoms with van der Waals surface area (Å²) in [5.74, 6) is -3.25. The first-order chi connectivity index (χ1) is 10.9. The SMILES string of the molecule is CCOC(=O)c1cc(C)sc1NC(=O)[C@@H]1CC=CC[C@H]1C(=O)O. The van der Waals surface area contributed by atoms with Gasteiger partial charge in [0.25, 0.3) is 0 Å². The molecule has 0 spiro atoms. The first kappa shape index (κ1) is 17.2. The quantitative estimate of drug-likeness (QED) is 0.636. The van der Waals surface area contributed by atoms with Gasteiger partial charge in [-0.3, -0.25) is 9.59 Å². The first-order valence-corrected chi connectivity index (χ1v) is 8.21. The third kappa shape index (κ3) is 3.98. The molecule has 1 aromatic rings. The standard InChI is InChI=1S/C16H19NO5S/c1-3-22-16(21)12-8-9(2)23-14(12)17-13(18)10-6-4-5-7-11(10)15(19)20/h4-5,8,10-11H,3,6-7H2,1-2H3,(H,17,18)(H,19,20)/t10-,11-/m1/s1. The van der Waals surface area contributed by atoms with Crippen molar-refractivity contribution in [3.8, 4) is 0 Å².